The summed E-state index contributed by atoms with van der Waals surface area (Å²) in [4.78, 5) is 30.3. The van der Waals surface area contributed by atoms with Crippen molar-refractivity contribution >= 4 is 27.5 Å². The summed E-state index contributed by atoms with van der Waals surface area (Å²) in [5.41, 5.74) is 0.662. The SMILES string of the molecule is CC1CCCCN1C(=O)c1cc(NS(=O)(=O)c2ccc(F)cc2)cc(C(=O)N2CCCCC2C)c1. The molecule has 2 aromatic rings. The van der Waals surface area contributed by atoms with Crippen LogP contribution in [-0.2, 0) is 10.0 Å². The fraction of sp³-hybridized carbons (Fsp3) is 0.462. The predicted molar refractivity (Wildman–Crippen MR) is 132 cm³/mol. The first kappa shape index (κ1) is 25.2. The summed E-state index contributed by atoms with van der Waals surface area (Å²) in [5, 5.41) is 0. The van der Waals surface area contributed by atoms with Crippen LogP contribution in [0.3, 0.4) is 0 Å². The molecule has 0 bridgehead atoms. The number of nitrogens with one attached hydrogen (secondary N) is 1. The van der Waals surface area contributed by atoms with Crippen molar-refractivity contribution in [2.45, 2.75) is 69.4 Å². The first-order chi connectivity index (χ1) is 16.7. The molecule has 0 aromatic heterocycles. The maximum atomic E-state index is 13.4. The average molecular weight is 502 g/mol. The second kappa shape index (κ2) is 10.4. The lowest BCUT2D eigenvalue weighted by Crippen LogP contribution is -2.43. The Balaban J connectivity index is 1.71. The molecule has 0 saturated carbocycles. The van der Waals surface area contributed by atoms with Crippen molar-refractivity contribution in [1.29, 1.82) is 0 Å². The summed E-state index contributed by atoms with van der Waals surface area (Å²) in [6.07, 6.45) is 5.73. The van der Waals surface area contributed by atoms with Crippen LogP contribution >= 0.6 is 0 Å². The van der Waals surface area contributed by atoms with Crippen LogP contribution in [0.2, 0.25) is 0 Å². The van der Waals surface area contributed by atoms with E-state index in [-0.39, 0.29) is 45.6 Å². The minimum atomic E-state index is -4.05. The smallest absolute Gasteiger partial charge is 0.261 e. The lowest BCUT2D eigenvalue weighted by atomic mass is 9.99. The summed E-state index contributed by atoms with van der Waals surface area (Å²) in [5.74, 6) is -0.989. The van der Waals surface area contributed by atoms with Crippen LogP contribution in [0.5, 0.6) is 0 Å². The molecule has 0 radical (unpaired) electrons. The van der Waals surface area contributed by atoms with E-state index < -0.39 is 15.8 Å². The van der Waals surface area contributed by atoms with Crippen molar-refractivity contribution in [2.24, 2.45) is 0 Å². The molecule has 2 saturated heterocycles. The van der Waals surface area contributed by atoms with E-state index in [1.807, 2.05) is 13.8 Å². The number of piperidine rings is 2. The third-order valence-electron chi connectivity index (χ3n) is 6.93. The van der Waals surface area contributed by atoms with E-state index in [0.717, 1.165) is 50.7 Å². The highest BCUT2D eigenvalue weighted by Crippen LogP contribution is 2.26. The van der Waals surface area contributed by atoms with Crippen LogP contribution in [0.1, 0.15) is 73.1 Å². The van der Waals surface area contributed by atoms with Gasteiger partial charge in [-0.1, -0.05) is 0 Å². The van der Waals surface area contributed by atoms with Gasteiger partial charge in [0.1, 0.15) is 5.82 Å². The van der Waals surface area contributed by atoms with Gasteiger partial charge in [0.05, 0.1) is 10.6 Å². The number of rotatable bonds is 5. The third kappa shape index (κ3) is 5.66. The quantitative estimate of drug-likeness (QED) is 0.646. The number of benzene rings is 2. The molecule has 2 aromatic carbocycles. The summed E-state index contributed by atoms with van der Waals surface area (Å²) in [7, 11) is -4.05. The second-order valence-electron chi connectivity index (χ2n) is 9.55. The molecule has 7 nitrogen and oxygen atoms in total. The fourth-order valence-electron chi connectivity index (χ4n) is 4.89. The summed E-state index contributed by atoms with van der Waals surface area (Å²) in [6, 6.07) is 9.13. The van der Waals surface area contributed by atoms with E-state index in [1.54, 1.807) is 15.9 Å². The summed E-state index contributed by atoms with van der Waals surface area (Å²) >= 11 is 0. The molecule has 0 aliphatic carbocycles. The molecule has 2 atom stereocenters. The molecule has 2 aliphatic heterocycles. The first-order valence-corrected chi connectivity index (χ1v) is 13.7. The number of hydrogen-bond donors (Lipinski definition) is 1. The Kier molecular flexibility index (Phi) is 7.44. The lowest BCUT2D eigenvalue weighted by Gasteiger charge is -2.34. The maximum Gasteiger partial charge on any atom is 0.261 e. The molecule has 35 heavy (non-hydrogen) atoms. The molecular formula is C26H32FN3O4S. The molecule has 4 rings (SSSR count). The minimum absolute atomic E-state index is 0.0667. The number of carbonyl (C=O) groups is 2. The fourth-order valence-corrected chi connectivity index (χ4v) is 5.93. The van der Waals surface area contributed by atoms with Crippen molar-refractivity contribution in [3.05, 3.63) is 59.4 Å². The van der Waals surface area contributed by atoms with Gasteiger partial charge in [-0.2, -0.15) is 0 Å². The van der Waals surface area contributed by atoms with Crippen LogP contribution in [0.15, 0.2) is 47.4 Å². The van der Waals surface area contributed by atoms with Crippen LogP contribution in [-0.4, -0.2) is 55.2 Å². The van der Waals surface area contributed by atoms with Crippen molar-refractivity contribution in [3.8, 4) is 0 Å². The number of amides is 2. The lowest BCUT2D eigenvalue weighted by molar-refractivity contribution is 0.0634. The molecule has 2 fully saturated rings. The van der Waals surface area contributed by atoms with Crippen LogP contribution in [0.4, 0.5) is 10.1 Å². The summed E-state index contributed by atoms with van der Waals surface area (Å²) in [6.45, 7) is 5.25. The number of halogens is 1. The Morgan fingerprint density at radius 2 is 1.31 bits per heavy atom. The van der Waals surface area contributed by atoms with Gasteiger partial charge in [0.25, 0.3) is 21.8 Å². The number of carbonyl (C=O) groups excluding carboxylic acids is 2. The highest BCUT2D eigenvalue weighted by Gasteiger charge is 2.28. The highest BCUT2D eigenvalue weighted by atomic mass is 32.2. The van der Waals surface area contributed by atoms with Gasteiger partial charge in [0, 0.05) is 36.3 Å². The van der Waals surface area contributed by atoms with Crippen LogP contribution in [0.25, 0.3) is 0 Å². The van der Waals surface area contributed by atoms with Crippen molar-refractivity contribution in [2.75, 3.05) is 17.8 Å². The van der Waals surface area contributed by atoms with Gasteiger partial charge in [-0.15, -0.1) is 0 Å². The number of hydrogen-bond acceptors (Lipinski definition) is 4. The van der Waals surface area contributed by atoms with E-state index in [0.29, 0.717) is 13.1 Å². The van der Waals surface area contributed by atoms with E-state index in [1.165, 1.54) is 24.3 Å². The molecule has 2 unspecified atom stereocenters. The molecule has 1 N–H and O–H groups in total. The largest absolute Gasteiger partial charge is 0.336 e. The molecule has 9 heteroatoms. The topological polar surface area (TPSA) is 86.8 Å². The number of sulfonamides is 1. The summed E-state index contributed by atoms with van der Waals surface area (Å²) < 4.78 is 41.7. The monoisotopic (exact) mass is 501 g/mol. The number of anilines is 1. The Labute approximate surface area is 206 Å². The third-order valence-corrected chi connectivity index (χ3v) is 8.33. The van der Waals surface area contributed by atoms with Gasteiger partial charge in [0.2, 0.25) is 0 Å². The molecule has 2 amide bonds. The van der Waals surface area contributed by atoms with Crippen molar-refractivity contribution in [3.63, 3.8) is 0 Å². The van der Waals surface area contributed by atoms with Gasteiger partial charge in [0.15, 0.2) is 0 Å². The molecule has 2 heterocycles. The van der Waals surface area contributed by atoms with Gasteiger partial charge >= 0.3 is 0 Å². The first-order valence-electron chi connectivity index (χ1n) is 12.2. The predicted octanol–water partition coefficient (Wildman–Crippen LogP) is 4.66. The Morgan fingerprint density at radius 3 is 1.77 bits per heavy atom. The normalized spacial score (nSPS) is 21.0. The van der Waals surface area contributed by atoms with E-state index in [4.69, 9.17) is 0 Å². The number of nitrogens with zero attached hydrogens (tertiary/aromatic N) is 2. The minimum Gasteiger partial charge on any atom is -0.336 e. The Hall–Kier alpha value is -2.94. The molecule has 0 spiro atoms. The van der Waals surface area contributed by atoms with Crippen LogP contribution < -0.4 is 4.72 Å². The van der Waals surface area contributed by atoms with Gasteiger partial charge in [-0.3, -0.25) is 14.3 Å². The van der Waals surface area contributed by atoms with Gasteiger partial charge in [-0.05, 0) is 94.8 Å². The second-order valence-corrected chi connectivity index (χ2v) is 11.2. The standard InChI is InChI=1S/C26H32FN3O4S/c1-18-7-3-5-13-29(18)25(31)20-15-21(26(32)30-14-6-4-8-19(30)2)17-23(16-20)28-35(33,34)24-11-9-22(27)10-12-24/h9-12,15-19,28H,3-8,13-14H2,1-2H3. The Bertz CT molecular complexity index is 1150. The average Bonchev–Trinajstić information content (AvgIpc) is 2.83. The van der Waals surface area contributed by atoms with Crippen molar-refractivity contribution in [1.82, 2.24) is 9.80 Å². The van der Waals surface area contributed by atoms with Gasteiger partial charge in [-0.25, -0.2) is 12.8 Å². The van der Waals surface area contributed by atoms with Crippen LogP contribution in [0, 0.1) is 5.82 Å². The van der Waals surface area contributed by atoms with E-state index in [9.17, 15) is 22.4 Å². The number of likely N-dealkylation sites (tertiary alicyclic amines) is 2. The van der Waals surface area contributed by atoms with E-state index >= 15 is 0 Å². The molecule has 2 aliphatic rings. The maximum absolute atomic E-state index is 13.4. The zero-order valence-corrected chi connectivity index (χ0v) is 21.0. The highest BCUT2D eigenvalue weighted by molar-refractivity contribution is 7.92. The Morgan fingerprint density at radius 1 is 0.829 bits per heavy atom. The van der Waals surface area contributed by atoms with E-state index in [2.05, 4.69) is 4.72 Å². The van der Waals surface area contributed by atoms with Gasteiger partial charge < -0.3 is 9.80 Å². The molecular weight excluding hydrogens is 469 g/mol. The zero-order valence-electron chi connectivity index (χ0n) is 20.2. The van der Waals surface area contributed by atoms with Crippen molar-refractivity contribution < 1.29 is 22.4 Å². The molecule has 188 valence electrons. The zero-order chi connectivity index (χ0) is 25.2.